The average Bonchev–Trinajstić information content (AvgIpc) is 3.26. The first-order chi connectivity index (χ1) is 11.4. The van der Waals surface area contributed by atoms with Gasteiger partial charge in [0.2, 0.25) is 0 Å². The molecule has 6 heteroatoms. The summed E-state index contributed by atoms with van der Waals surface area (Å²) in [5.74, 6) is -0.488. The number of hydrogen-bond donors (Lipinski definition) is 2. The van der Waals surface area contributed by atoms with Crippen molar-refractivity contribution in [2.24, 2.45) is 5.41 Å². The van der Waals surface area contributed by atoms with Gasteiger partial charge in [0.05, 0.1) is 23.4 Å². The minimum Gasteiger partial charge on any atom is -0.396 e. The van der Waals surface area contributed by atoms with Gasteiger partial charge in [-0.15, -0.1) is 0 Å². The predicted molar refractivity (Wildman–Crippen MR) is 93.0 cm³/mol. The Bertz CT molecular complexity index is 842. The van der Waals surface area contributed by atoms with E-state index in [0.29, 0.717) is 10.6 Å². The van der Waals surface area contributed by atoms with Crippen molar-refractivity contribution in [2.75, 3.05) is 13.2 Å². The van der Waals surface area contributed by atoms with E-state index in [-0.39, 0.29) is 4.90 Å². The Labute approximate surface area is 146 Å². The number of aryl methyl sites for hydroxylation is 1. The summed E-state index contributed by atoms with van der Waals surface area (Å²) < 4.78 is 26.1. The molecular weight excluding hydrogens is 348 g/mol. The van der Waals surface area contributed by atoms with E-state index in [1.807, 2.05) is 6.92 Å². The van der Waals surface area contributed by atoms with Crippen LogP contribution in [0.4, 0.5) is 0 Å². The minimum absolute atomic E-state index is 0.203. The smallest absolute Gasteiger partial charge is 0.182 e. The zero-order chi connectivity index (χ0) is 17.5. The number of rotatable bonds is 5. The molecule has 1 aliphatic carbocycles. The van der Waals surface area contributed by atoms with Gasteiger partial charge < -0.3 is 10.2 Å². The standard InChI is InChI=1S/C18H19ClO4S/c1-12-5-7-15(8-6-12)24(22,23)17-16(18(17,10-20)11-21)13-3-2-4-14(19)9-13/h2-9,16-17,20-21H,10-11H2,1H3/t16-,17-/m1/s1. The molecule has 0 aromatic heterocycles. The summed E-state index contributed by atoms with van der Waals surface area (Å²) in [6.07, 6.45) is 0. The van der Waals surface area contributed by atoms with E-state index in [9.17, 15) is 18.6 Å². The molecule has 128 valence electrons. The summed E-state index contributed by atoms with van der Waals surface area (Å²) in [5.41, 5.74) is 0.590. The van der Waals surface area contributed by atoms with Gasteiger partial charge in [0.1, 0.15) is 0 Å². The molecule has 4 nitrogen and oxygen atoms in total. The fourth-order valence-electron chi connectivity index (χ4n) is 3.45. The van der Waals surface area contributed by atoms with Crippen molar-refractivity contribution in [1.29, 1.82) is 0 Å². The Morgan fingerprint density at radius 1 is 1.08 bits per heavy atom. The second kappa shape index (κ2) is 6.15. The third-order valence-corrected chi connectivity index (χ3v) is 7.43. The van der Waals surface area contributed by atoms with Crippen molar-refractivity contribution in [3.05, 3.63) is 64.7 Å². The maximum absolute atomic E-state index is 13.1. The predicted octanol–water partition coefficient (Wildman–Crippen LogP) is 2.56. The lowest BCUT2D eigenvalue weighted by atomic mass is 10.0. The number of benzene rings is 2. The summed E-state index contributed by atoms with van der Waals surface area (Å²) in [5, 5.41) is 19.3. The van der Waals surface area contributed by atoms with Gasteiger partial charge in [0, 0.05) is 16.4 Å². The quantitative estimate of drug-likeness (QED) is 0.852. The van der Waals surface area contributed by atoms with Crippen LogP contribution in [0.2, 0.25) is 5.02 Å². The Kier molecular flexibility index (Phi) is 4.47. The van der Waals surface area contributed by atoms with Gasteiger partial charge in [-0.1, -0.05) is 41.4 Å². The monoisotopic (exact) mass is 366 g/mol. The van der Waals surface area contributed by atoms with Gasteiger partial charge in [0.15, 0.2) is 9.84 Å². The lowest BCUT2D eigenvalue weighted by Crippen LogP contribution is -2.23. The van der Waals surface area contributed by atoms with Gasteiger partial charge in [-0.05, 0) is 36.8 Å². The van der Waals surface area contributed by atoms with Crippen molar-refractivity contribution in [1.82, 2.24) is 0 Å². The number of halogens is 1. The maximum atomic E-state index is 13.1. The largest absolute Gasteiger partial charge is 0.396 e. The molecule has 0 aliphatic heterocycles. The highest BCUT2D eigenvalue weighted by Crippen LogP contribution is 2.63. The van der Waals surface area contributed by atoms with Crippen LogP contribution < -0.4 is 0 Å². The van der Waals surface area contributed by atoms with Crippen LogP contribution in [-0.2, 0) is 9.84 Å². The van der Waals surface area contributed by atoms with Crippen LogP contribution in [-0.4, -0.2) is 37.1 Å². The van der Waals surface area contributed by atoms with E-state index in [4.69, 9.17) is 11.6 Å². The Morgan fingerprint density at radius 2 is 1.71 bits per heavy atom. The van der Waals surface area contributed by atoms with Crippen molar-refractivity contribution in [3.63, 3.8) is 0 Å². The van der Waals surface area contributed by atoms with E-state index in [2.05, 4.69) is 0 Å². The van der Waals surface area contributed by atoms with E-state index < -0.39 is 39.6 Å². The molecule has 3 rings (SSSR count). The summed E-state index contributed by atoms with van der Waals surface area (Å²) >= 11 is 6.02. The molecule has 0 amide bonds. The second-order valence-corrected chi connectivity index (χ2v) is 8.87. The van der Waals surface area contributed by atoms with Crippen molar-refractivity contribution in [2.45, 2.75) is 23.0 Å². The van der Waals surface area contributed by atoms with Crippen LogP contribution in [0.25, 0.3) is 0 Å². The van der Waals surface area contributed by atoms with E-state index in [1.165, 1.54) is 0 Å². The molecule has 0 unspecified atom stereocenters. The molecule has 1 aliphatic rings. The molecule has 0 radical (unpaired) electrons. The Balaban J connectivity index is 2.06. The van der Waals surface area contributed by atoms with Gasteiger partial charge in [-0.3, -0.25) is 0 Å². The van der Waals surface area contributed by atoms with Gasteiger partial charge in [-0.25, -0.2) is 8.42 Å². The lowest BCUT2D eigenvalue weighted by molar-refractivity contribution is 0.130. The first-order valence-corrected chi connectivity index (χ1v) is 9.57. The average molecular weight is 367 g/mol. The number of sulfone groups is 1. The molecule has 0 heterocycles. The fourth-order valence-corrected chi connectivity index (χ4v) is 6.08. The highest BCUT2D eigenvalue weighted by molar-refractivity contribution is 7.92. The van der Waals surface area contributed by atoms with Crippen molar-refractivity contribution in [3.8, 4) is 0 Å². The number of hydrogen-bond acceptors (Lipinski definition) is 4. The molecule has 2 aromatic carbocycles. The minimum atomic E-state index is -3.69. The normalized spacial score (nSPS) is 22.3. The van der Waals surface area contributed by atoms with Crippen LogP contribution in [0, 0.1) is 12.3 Å². The summed E-state index contributed by atoms with van der Waals surface area (Å²) in [6, 6.07) is 13.5. The van der Waals surface area contributed by atoms with Crippen LogP contribution in [0.3, 0.4) is 0 Å². The first-order valence-electron chi connectivity index (χ1n) is 7.64. The van der Waals surface area contributed by atoms with Crippen LogP contribution in [0.15, 0.2) is 53.4 Å². The molecule has 0 saturated heterocycles. The van der Waals surface area contributed by atoms with Crippen LogP contribution in [0.5, 0.6) is 0 Å². The molecule has 0 spiro atoms. The van der Waals surface area contributed by atoms with E-state index in [0.717, 1.165) is 5.56 Å². The molecule has 1 saturated carbocycles. The van der Waals surface area contributed by atoms with Crippen molar-refractivity contribution < 1.29 is 18.6 Å². The highest BCUT2D eigenvalue weighted by Gasteiger charge is 2.70. The number of aliphatic hydroxyl groups excluding tert-OH is 2. The van der Waals surface area contributed by atoms with Crippen LogP contribution in [0.1, 0.15) is 17.0 Å². The molecule has 2 atom stereocenters. The van der Waals surface area contributed by atoms with E-state index >= 15 is 0 Å². The zero-order valence-electron chi connectivity index (χ0n) is 13.2. The topological polar surface area (TPSA) is 74.6 Å². The van der Waals surface area contributed by atoms with Gasteiger partial charge in [-0.2, -0.15) is 0 Å². The third kappa shape index (κ3) is 2.65. The first kappa shape index (κ1) is 17.4. The number of aliphatic hydroxyl groups is 2. The molecule has 1 fully saturated rings. The van der Waals surface area contributed by atoms with Crippen molar-refractivity contribution >= 4 is 21.4 Å². The second-order valence-electron chi connectivity index (χ2n) is 6.36. The molecule has 2 aromatic rings. The highest BCUT2D eigenvalue weighted by atomic mass is 35.5. The molecular formula is C18H19ClO4S. The third-order valence-electron chi connectivity index (χ3n) is 4.86. The van der Waals surface area contributed by atoms with Gasteiger partial charge in [0.25, 0.3) is 0 Å². The molecule has 24 heavy (non-hydrogen) atoms. The summed E-state index contributed by atoms with van der Waals surface area (Å²) in [6.45, 7) is 1.07. The molecule has 0 bridgehead atoms. The molecule has 2 N–H and O–H groups in total. The SMILES string of the molecule is Cc1ccc(S(=O)(=O)[C@@H]2[C@@H](c3cccc(Cl)c3)C2(CO)CO)cc1. The fraction of sp³-hybridized carbons (Fsp3) is 0.333. The lowest BCUT2D eigenvalue weighted by Gasteiger charge is -2.11. The summed E-state index contributed by atoms with van der Waals surface area (Å²) in [7, 11) is -3.69. The zero-order valence-corrected chi connectivity index (χ0v) is 14.8. The Morgan fingerprint density at radius 3 is 2.25 bits per heavy atom. The maximum Gasteiger partial charge on any atom is 0.182 e. The van der Waals surface area contributed by atoms with E-state index in [1.54, 1.807) is 48.5 Å². The van der Waals surface area contributed by atoms with Gasteiger partial charge >= 0.3 is 0 Å². The Hall–Kier alpha value is -1.40. The summed E-state index contributed by atoms with van der Waals surface area (Å²) in [4.78, 5) is 0.203. The van der Waals surface area contributed by atoms with Crippen LogP contribution >= 0.6 is 11.6 Å².